The number of carbonyl (C=O) groups is 2. The van der Waals surface area contributed by atoms with Crippen molar-refractivity contribution >= 4 is 46.0 Å². The van der Waals surface area contributed by atoms with Crippen LogP contribution in [0.4, 0.5) is 11.6 Å². The molecule has 1 amide bonds. The molecule has 5 rings (SSSR count). The number of hydrogen-bond acceptors (Lipinski definition) is 6. The van der Waals surface area contributed by atoms with Gasteiger partial charge in [-0.05, 0) is 60.9 Å². The second-order valence-corrected chi connectivity index (χ2v) is 12.2. The van der Waals surface area contributed by atoms with Crippen molar-refractivity contribution in [3.05, 3.63) is 64.2 Å². The van der Waals surface area contributed by atoms with Gasteiger partial charge in [-0.25, -0.2) is 9.97 Å². The number of anilines is 2. The highest BCUT2D eigenvalue weighted by Gasteiger charge is 2.47. The fourth-order valence-electron chi connectivity index (χ4n) is 5.29. The number of carbonyl (C=O) groups excluding carboxylic acids is 1. The highest BCUT2D eigenvalue weighted by Crippen LogP contribution is 2.45. The molecule has 4 aromatic rings. The van der Waals surface area contributed by atoms with Gasteiger partial charge in [0.2, 0.25) is 5.91 Å². The first kappa shape index (κ1) is 27.6. The minimum atomic E-state index is -1.11. The van der Waals surface area contributed by atoms with Gasteiger partial charge >= 0.3 is 5.97 Å². The van der Waals surface area contributed by atoms with Gasteiger partial charge in [0.05, 0.1) is 11.1 Å². The predicted molar refractivity (Wildman–Crippen MR) is 156 cm³/mol. The summed E-state index contributed by atoms with van der Waals surface area (Å²) in [6, 6.07) is 12.9. The number of nitrogens with one attached hydrogen (secondary N) is 1. The third-order valence-electron chi connectivity index (χ3n) is 7.50. The molecule has 0 fully saturated rings. The maximum atomic E-state index is 13.4. The molecular weight excluding hydrogens is 528 g/mol. The first-order valence-electron chi connectivity index (χ1n) is 13.3. The summed E-state index contributed by atoms with van der Waals surface area (Å²) in [6.07, 6.45) is 2.43. The number of nitrogens with zero attached hydrogens (tertiary/aromatic N) is 4. The van der Waals surface area contributed by atoms with E-state index in [1.54, 1.807) is 6.92 Å². The SMILES string of the molecule is CC(C)(C)CCCn1nc(-c2nc(N)c3c(n2)NC(=O)C3(C)c2ccc(CCC(=O)O)cc2)c2ccc(Cl)cc21. The first-order chi connectivity index (χ1) is 18.9. The Bertz CT molecular complexity index is 1620. The van der Waals surface area contributed by atoms with Crippen LogP contribution in [0.1, 0.15) is 63.6 Å². The van der Waals surface area contributed by atoms with Crippen LogP contribution in [0, 0.1) is 5.41 Å². The summed E-state index contributed by atoms with van der Waals surface area (Å²) in [5.41, 5.74) is 9.20. The number of carboxylic acids is 1. The molecule has 0 radical (unpaired) electrons. The lowest BCUT2D eigenvalue weighted by molar-refractivity contribution is -0.137. The molecule has 0 saturated heterocycles. The number of nitrogens with two attached hydrogens (primary N) is 1. The molecule has 0 saturated carbocycles. The van der Waals surface area contributed by atoms with Crippen LogP contribution < -0.4 is 11.1 Å². The maximum absolute atomic E-state index is 13.4. The van der Waals surface area contributed by atoms with Crippen molar-refractivity contribution in [1.82, 2.24) is 19.7 Å². The van der Waals surface area contributed by atoms with Gasteiger partial charge in [-0.15, -0.1) is 0 Å². The number of aromatic nitrogens is 4. The molecule has 1 atom stereocenters. The van der Waals surface area contributed by atoms with Crippen molar-refractivity contribution in [3.8, 4) is 11.5 Å². The van der Waals surface area contributed by atoms with E-state index < -0.39 is 11.4 Å². The van der Waals surface area contributed by atoms with E-state index in [1.807, 2.05) is 47.1 Å². The van der Waals surface area contributed by atoms with Crippen LogP contribution in [-0.2, 0) is 28.0 Å². The monoisotopic (exact) mass is 560 g/mol. The van der Waals surface area contributed by atoms with Gasteiger partial charge < -0.3 is 16.2 Å². The zero-order valence-electron chi connectivity index (χ0n) is 23.1. The molecule has 9 nitrogen and oxygen atoms in total. The van der Waals surface area contributed by atoms with Crippen molar-refractivity contribution in [1.29, 1.82) is 0 Å². The Morgan fingerprint density at radius 2 is 1.88 bits per heavy atom. The van der Waals surface area contributed by atoms with Gasteiger partial charge in [0, 0.05) is 23.4 Å². The van der Waals surface area contributed by atoms with E-state index in [9.17, 15) is 9.59 Å². The van der Waals surface area contributed by atoms with Gasteiger partial charge in [0.25, 0.3) is 0 Å². The average Bonchev–Trinajstić information content (AvgIpc) is 3.36. The number of benzene rings is 2. The number of fused-ring (bicyclic) bond motifs is 2. The summed E-state index contributed by atoms with van der Waals surface area (Å²) in [6.45, 7) is 9.15. The second-order valence-electron chi connectivity index (χ2n) is 11.7. The molecule has 1 aliphatic rings. The summed E-state index contributed by atoms with van der Waals surface area (Å²) >= 11 is 6.34. The highest BCUT2D eigenvalue weighted by molar-refractivity contribution is 6.31. The summed E-state index contributed by atoms with van der Waals surface area (Å²) < 4.78 is 1.93. The zero-order valence-corrected chi connectivity index (χ0v) is 23.8. The van der Waals surface area contributed by atoms with Crippen molar-refractivity contribution < 1.29 is 14.7 Å². The van der Waals surface area contributed by atoms with E-state index in [4.69, 9.17) is 32.5 Å². The molecule has 0 aliphatic carbocycles. The normalized spacial score (nSPS) is 16.8. The Balaban J connectivity index is 1.52. The summed E-state index contributed by atoms with van der Waals surface area (Å²) in [5, 5.41) is 18.2. The maximum Gasteiger partial charge on any atom is 0.303 e. The average molecular weight is 561 g/mol. The van der Waals surface area contributed by atoms with E-state index >= 15 is 0 Å². The molecule has 10 heteroatoms. The Kier molecular flexibility index (Phi) is 7.04. The third kappa shape index (κ3) is 5.13. The molecule has 4 N–H and O–H groups in total. The standard InChI is InChI=1S/C30H33ClN6O3/c1-29(2,3)14-5-15-37-21-16-19(31)11-12-20(21)24(36-37)27-33-25(32)23-26(34-27)35-28(40)30(23,4)18-9-6-17(7-10-18)8-13-22(38)39/h6-7,9-12,16H,5,8,13-15H2,1-4H3,(H,38,39)(H3,32,33,34,35,40). The molecule has 0 spiro atoms. The summed E-state index contributed by atoms with van der Waals surface area (Å²) in [4.78, 5) is 33.7. The van der Waals surface area contributed by atoms with Crippen molar-refractivity contribution in [2.75, 3.05) is 11.1 Å². The molecule has 1 aliphatic heterocycles. The second kappa shape index (κ2) is 10.2. The molecule has 3 heterocycles. The Labute approximate surface area is 237 Å². The van der Waals surface area contributed by atoms with Crippen molar-refractivity contribution in [2.24, 2.45) is 5.41 Å². The lowest BCUT2D eigenvalue weighted by atomic mass is 9.77. The van der Waals surface area contributed by atoms with Crippen LogP contribution in [0.25, 0.3) is 22.4 Å². The predicted octanol–water partition coefficient (Wildman–Crippen LogP) is 5.83. The minimum Gasteiger partial charge on any atom is -0.481 e. The molecular formula is C30H33ClN6O3. The number of hydrogen-bond donors (Lipinski definition) is 3. The quantitative estimate of drug-likeness (QED) is 0.246. The molecule has 208 valence electrons. The number of amides is 1. The fourth-order valence-corrected chi connectivity index (χ4v) is 5.45. The third-order valence-corrected chi connectivity index (χ3v) is 7.74. The molecule has 2 aromatic heterocycles. The van der Waals surface area contributed by atoms with Crippen LogP contribution in [0.2, 0.25) is 5.02 Å². The van der Waals surface area contributed by atoms with Gasteiger partial charge in [0.1, 0.15) is 22.7 Å². The van der Waals surface area contributed by atoms with Gasteiger partial charge in [-0.3, -0.25) is 14.3 Å². The lowest BCUT2D eigenvalue weighted by Gasteiger charge is -2.23. The topological polar surface area (TPSA) is 136 Å². The molecule has 0 bridgehead atoms. The van der Waals surface area contributed by atoms with E-state index in [1.165, 1.54) is 0 Å². The zero-order chi connectivity index (χ0) is 28.8. The Morgan fingerprint density at radius 3 is 2.55 bits per heavy atom. The number of carboxylic acid groups (broad SMARTS) is 1. The molecule has 2 aromatic carbocycles. The fraction of sp³-hybridized carbons (Fsp3) is 0.367. The smallest absolute Gasteiger partial charge is 0.303 e. The van der Waals surface area contributed by atoms with E-state index in [2.05, 4.69) is 31.1 Å². The van der Waals surface area contributed by atoms with Gasteiger partial charge in [-0.2, -0.15) is 5.10 Å². The number of aryl methyl sites for hydroxylation is 2. The van der Waals surface area contributed by atoms with Crippen LogP contribution >= 0.6 is 11.6 Å². The van der Waals surface area contributed by atoms with Crippen LogP contribution in [0.15, 0.2) is 42.5 Å². The highest BCUT2D eigenvalue weighted by atomic mass is 35.5. The molecule has 40 heavy (non-hydrogen) atoms. The Morgan fingerprint density at radius 1 is 1.15 bits per heavy atom. The van der Waals surface area contributed by atoms with E-state index in [-0.39, 0.29) is 23.6 Å². The number of rotatable bonds is 8. The van der Waals surface area contributed by atoms with Gasteiger partial charge in [0.15, 0.2) is 5.82 Å². The minimum absolute atomic E-state index is 0.0384. The number of nitrogen functional groups attached to an aromatic ring is 1. The number of aliphatic carboxylic acids is 1. The van der Waals surface area contributed by atoms with Crippen LogP contribution in [-0.4, -0.2) is 36.7 Å². The molecule has 1 unspecified atom stereocenters. The van der Waals surface area contributed by atoms with E-state index in [0.717, 1.165) is 29.3 Å². The van der Waals surface area contributed by atoms with Crippen molar-refractivity contribution in [2.45, 2.75) is 65.3 Å². The van der Waals surface area contributed by atoms with Crippen LogP contribution in [0.3, 0.4) is 0 Å². The lowest BCUT2D eigenvalue weighted by Crippen LogP contribution is -2.33. The largest absolute Gasteiger partial charge is 0.481 e. The summed E-state index contributed by atoms with van der Waals surface area (Å²) in [5.74, 6) is -0.240. The number of halogens is 1. The van der Waals surface area contributed by atoms with Crippen molar-refractivity contribution in [3.63, 3.8) is 0 Å². The first-order valence-corrected chi connectivity index (χ1v) is 13.7. The van der Waals surface area contributed by atoms with Gasteiger partial charge in [-0.1, -0.05) is 56.6 Å². The Hall–Kier alpha value is -3.98. The van der Waals surface area contributed by atoms with Crippen LogP contribution in [0.5, 0.6) is 0 Å². The summed E-state index contributed by atoms with van der Waals surface area (Å²) in [7, 11) is 0. The van der Waals surface area contributed by atoms with E-state index in [0.29, 0.717) is 46.5 Å².